The maximum absolute atomic E-state index is 12.1. The van der Waals surface area contributed by atoms with Gasteiger partial charge in [0.1, 0.15) is 6.61 Å². The lowest BCUT2D eigenvalue weighted by Crippen LogP contribution is -2.36. The molecule has 0 atom stereocenters. The van der Waals surface area contributed by atoms with Gasteiger partial charge in [-0.25, -0.2) is 0 Å². The van der Waals surface area contributed by atoms with Crippen LogP contribution in [0, 0.1) is 0 Å². The summed E-state index contributed by atoms with van der Waals surface area (Å²) in [7, 11) is 1.68. The Morgan fingerprint density at radius 3 is 2.06 bits per heavy atom. The number of carbonyl (C=O) groups is 1. The lowest BCUT2D eigenvalue weighted by atomic mass is 10.1. The van der Waals surface area contributed by atoms with Gasteiger partial charge in [0.2, 0.25) is 5.91 Å². The first-order valence-corrected chi connectivity index (χ1v) is 10.4. The van der Waals surface area contributed by atoms with Crippen LogP contribution in [0.4, 0.5) is 18.9 Å². The number of nitrogens with one attached hydrogen (secondary N) is 2. The van der Waals surface area contributed by atoms with E-state index < -0.39 is 12.8 Å². The summed E-state index contributed by atoms with van der Waals surface area (Å²) in [6.07, 6.45) is -2.81. The van der Waals surface area contributed by atoms with Crippen LogP contribution in [0.25, 0.3) is 0 Å². The van der Waals surface area contributed by atoms with Crippen LogP contribution >= 0.6 is 0 Å². The molecule has 0 unspecified atom stereocenters. The molecule has 1 aliphatic heterocycles. The Kier molecular flexibility index (Phi) is 8.10. The van der Waals surface area contributed by atoms with Crippen LogP contribution in [0.2, 0.25) is 0 Å². The predicted octanol–water partition coefficient (Wildman–Crippen LogP) is 3.76. The molecule has 9 heteroatoms. The molecule has 0 saturated carbocycles. The van der Waals surface area contributed by atoms with Gasteiger partial charge in [0.15, 0.2) is 5.96 Å². The first-order chi connectivity index (χ1) is 15.3. The highest BCUT2D eigenvalue weighted by Gasteiger charge is 2.27. The average molecular weight is 448 g/mol. The average Bonchev–Trinajstić information content (AvgIpc) is 3.20. The second-order valence-corrected chi connectivity index (χ2v) is 7.52. The maximum Gasteiger partial charge on any atom is 0.411 e. The van der Waals surface area contributed by atoms with E-state index in [9.17, 15) is 18.0 Å². The standard InChI is InChI=1S/C23H27F3N4O2/c1-27-22(28-13-17-4-6-19(7-5-17)15-32-16-23(24,25)26)29-14-18-8-10-20(11-9-18)30-12-2-3-21(30)31/h4-11H,2-3,12-16H2,1H3,(H2,27,28,29). The molecule has 0 aliphatic carbocycles. The van der Waals surface area contributed by atoms with Gasteiger partial charge < -0.3 is 20.3 Å². The van der Waals surface area contributed by atoms with Crippen LogP contribution in [0.5, 0.6) is 0 Å². The molecule has 1 amide bonds. The first-order valence-electron chi connectivity index (χ1n) is 10.4. The number of alkyl halides is 3. The monoisotopic (exact) mass is 448 g/mol. The molecule has 2 aromatic rings. The smallest absolute Gasteiger partial charge is 0.367 e. The fourth-order valence-corrected chi connectivity index (χ4v) is 3.35. The zero-order valence-electron chi connectivity index (χ0n) is 17.9. The minimum Gasteiger partial charge on any atom is -0.367 e. The molecule has 2 N–H and O–H groups in total. The zero-order valence-corrected chi connectivity index (χ0v) is 17.9. The molecule has 1 aliphatic rings. The number of hydrogen-bond acceptors (Lipinski definition) is 3. The number of halogens is 3. The Morgan fingerprint density at radius 1 is 1.00 bits per heavy atom. The number of rotatable bonds is 8. The number of benzene rings is 2. The van der Waals surface area contributed by atoms with Crippen molar-refractivity contribution in [1.82, 2.24) is 10.6 Å². The summed E-state index contributed by atoms with van der Waals surface area (Å²) in [6.45, 7) is 0.524. The van der Waals surface area contributed by atoms with Crippen molar-refractivity contribution in [2.75, 3.05) is 25.1 Å². The van der Waals surface area contributed by atoms with E-state index in [-0.39, 0.29) is 12.5 Å². The van der Waals surface area contributed by atoms with Gasteiger partial charge in [0, 0.05) is 38.8 Å². The van der Waals surface area contributed by atoms with E-state index in [4.69, 9.17) is 0 Å². The zero-order chi connectivity index (χ0) is 23.0. The number of amides is 1. The molecule has 0 radical (unpaired) electrons. The van der Waals surface area contributed by atoms with Crippen LogP contribution in [0.1, 0.15) is 29.5 Å². The molecule has 1 fully saturated rings. The Hall–Kier alpha value is -3.07. The normalized spacial score (nSPS) is 14.7. The van der Waals surface area contributed by atoms with Crippen LogP contribution in [0.15, 0.2) is 53.5 Å². The molecule has 172 valence electrons. The molecule has 2 aromatic carbocycles. The number of hydrogen-bond donors (Lipinski definition) is 2. The second kappa shape index (κ2) is 11.0. The Labute approximate surface area is 185 Å². The van der Waals surface area contributed by atoms with Crippen molar-refractivity contribution in [1.29, 1.82) is 0 Å². The molecule has 0 aromatic heterocycles. The van der Waals surface area contributed by atoms with E-state index in [1.165, 1.54) is 0 Å². The summed E-state index contributed by atoms with van der Waals surface area (Å²) in [4.78, 5) is 17.9. The maximum atomic E-state index is 12.1. The molecule has 32 heavy (non-hydrogen) atoms. The molecule has 1 saturated heterocycles. The summed E-state index contributed by atoms with van der Waals surface area (Å²) < 4.78 is 41.1. The van der Waals surface area contributed by atoms with Crippen molar-refractivity contribution in [3.05, 3.63) is 65.2 Å². The van der Waals surface area contributed by atoms with Crippen molar-refractivity contribution in [3.8, 4) is 0 Å². The van der Waals surface area contributed by atoms with Crippen LogP contribution in [0.3, 0.4) is 0 Å². The Morgan fingerprint density at radius 2 is 1.56 bits per heavy atom. The number of anilines is 1. The van der Waals surface area contributed by atoms with E-state index >= 15 is 0 Å². The number of ether oxygens (including phenoxy) is 1. The van der Waals surface area contributed by atoms with E-state index in [1.54, 1.807) is 19.2 Å². The fraction of sp³-hybridized carbons (Fsp3) is 0.391. The van der Waals surface area contributed by atoms with Crippen LogP contribution in [-0.4, -0.2) is 38.2 Å². The van der Waals surface area contributed by atoms with Gasteiger partial charge in [-0.3, -0.25) is 9.79 Å². The van der Waals surface area contributed by atoms with Gasteiger partial charge in [-0.1, -0.05) is 36.4 Å². The minimum absolute atomic E-state index is 0.0822. The summed E-state index contributed by atoms with van der Waals surface area (Å²) >= 11 is 0. The molecule has 6 nitrogen and oxygen atoms in total. The highest BCUT2D eigenvalue weighted by Crippen LogP contribution is 2.21. The van der Waals surface area contributed by atoms with Crippen molar-refractivity contribution < 1.29 is 22.7 Å². The Balaban J connectivity index is 1.42. The minimum atomic E-state index is -4.32. The van der Waals surface area contributed by atoms with Gasteiger partial charge in [0.25, 0.3) is 0 Å². The van der Waals surface area contributed by atoms with Gasteiger partial charge in [-0.05, 0) is 35.2 Å². The van der Waals surface area contributed by atoms with Gasteiger partial charge in [-0.15, -0.1) is 0 Å². The molecule has 0 spiro atoms. The molecule has 0 bridgehead atoms. The van der Waals surface area contributed by atoms with Gasteiger partial charge >= 0.3 is 6.18 Å². The fourth-order valence-electron chi connectivity index (χ4n) is 3.35. The number of carbonyl (C=O) groups excluding carboxylic acids is 1. The second-order valence-electron chi connectivity index (χ2n) is 7.52. The molecular formula is C23H27F3N4O2. The predicted molar refractivity (Wildman–Crippen MR) is 117 cm³/mol. The third kappa shape index (κ3) is 7.26. The topological polar surface area (TPSA) is 66.0 Å². The highest BCUT2D eigenvalue weighted by molar-refractivity contribution is 5.95. The van der Waals surface area contributed by atoms with E-state index in [2.05, 4.69) is 20.4 Å². The number of nitrogens with zero attached hydrogens (tertiary/aromatic N) is 2. The van der Waals surface area contributed by atoms with Crippen LogP contribution < -0.4 is 15.5 Å². The van der Waals surface area contributed by atoms with Gasteiger partial charge in [0.05, 0.1) is 6.61 Å². The molecule has 3 rings (SSSR count). The number of guanidine groups is 1. The largest absolute Gasteiger partial charge is 0.411 e. The van der Waals surface area contributed by atoms with Crippen LogP contribution in [-0.2, 0) is 29.2 Å². The van der Waals surface area contributed by atoms with E-state index in [0.29, 0.717) is 31.0 Å². The summed E-state index contributed by atoms with van der Waals surface area (Å²) in [6, 6.07) is 15.1. The Bertz CT molecular complexity index is 912. The van der Waals surface area contributed by atoms with Crippen molar-refractivity contribution in [2.45, 2.75) is 38.7 Å². The third-order valence-electron chi connectivity index (χ3n) is 5.02. The van der Waals surface area contributed by atoms with Gasteiger partial charge in [-0.2, -0.15) is 13.2 Å². The molecule has 1 heterocycles. The third-order valence-corrected chi connectivity index (χ3v) is 5.02. The first kappa shape index (κ1) is 23.6. The lowest BCUT2D eigenvalue weighted by Gasteiger charge is -2.16. The van der Waals surface area contributed by atoms with Crippen molar-refractivity contribution in [2.24, 2.45) is 4.99 Å². The molecular weight excluding hydrogens is 421 g/mol. The van der Waals surface area contributed by atoms with Crippen molar-refractivity contribution in [3.63, 3.8) is 0 Å². The summed E-state index contributed by atoms with van der Waals surface area (Å²) in [5, 5.41) is 6.45. The quantitative estimate of drug-likeness (QED) is 0.477. The van der Waals surface area contributed by atoms with Crippen molar-refractivity contribution >= 4 is 17.6 Å². The van der Waals surface area contributed by atoms with E-state index in [1.807, 2.05) is 41.3 Å². The van der Waals surface area contributed by atoms with E-state index in [0.717, 1.165) is 29.8 Å². The lowest BCUT2D eigenvalue weighted by molar-refractivity contribution is -0.176. The SMILES string of the molecule is CN=C(NCc1ccc(COCC(F)(F)F)cc1)NCc1ccc(N2CCCC2=O)cc1. The summed E-state index contributed by atoms with van der Waals surface area (Å²) in [5.41, 5.74) is 3.63. The highest BCUT2D eigenvalue weighted by atomic mass is 19.4. The number of aliphatic imine (C=N–C) groups is 1. The summed E-state index contributed by atoms with van der Waals surface area (Å²) in [5.74, 6) is 0.795.